The number of rotatable bonds is 13. The van der Waals surface area contributed by atoms with Crippen LogP contribution < -0.4 is 19.8 Å². The summed E-state index contributed by atoms with van der Waals surface area (Å²) >= 11 is 6.26. The second-order valence-corrected chi connectivity index (χ2v) is 13.1. The minimum atomic E-state index is -3.93. The number of ether oxygens (including phenoxy) is 1. The number of hydrogen-bond acceptors (Lipinski definition) is 6. The fourth-order valence-corrected chi connectivity index (χ4v) is 6.37. The predicted octanol–water partition coefficient (Wildman–Crippen LogP) is 6.50. The maximum atomic E-state index is 13.7. The largest absolute Gasteiger partial charge is 0.484 e. The number of nitrogens with one attached hydrogen (secondary N) is 2. The number of sulfonamides is 1. The van der Waals surface area contributed by atoms with Crippen molar-refractivity contribution in [1.29, 1.82) is 0 Å². The lowest BCUT2D eigenvalue weighted by Crippen LogP contribution is -2.31. The van der Waals surface area contributed by atoms with E-state index in [1.54, 1.807) is 97.1 Å². The number of benzene rings is 5. The summed E-state index contributed by atoms with van der Waals surface area (Å²) < 4.78 is 34.3. The molecule has 2 N–H and O–H groups in total. The quantitative estimate of drug-likeness (QED) is 0.109. The summed E-state index contributed by atoms with van der Waals surface area (Å²) in [5, 5.41) is 7.27. The Morgan fingerprint density at radius 1 is 0.833 bits per heavy atom. The van der Waals surface area contributed by atoms with Gasteiger partial charge in [0.2, 0.25) is 0 Å². The molecule has 5 aromatic rings. The van der Waals surface area contributed by atoms with E-state index in [0.717, 1.165) is 11.1 Å². The normalized spacial score (nSPS) is 11.2. The first-order valence-electron chi connectivity index (χ1n) is 15.0. The van der Waals surface area contributed by atoms with Crippen LogP contribution >= 0.6 is 11.6 Å². The van der Waals surface area contributed by atoms with Gasteiger partial charge in [-0.1, -0.05) is 78.3 Å². The van der Waals surface area contributed by atoms with Crippen molar-refractivity contribution >= 4 is 45.3 Å². The van der Waals surface area contributed by atoms with Crippen molar-refractivity contribution < 1.29 is 22.7 Å². The molecule has 0 bridgehead atoms. The average molecular weight is 681 g/mol. The summed E-state index contributed by atoms with van der Waals surface area (Å²) in [4.78, 5) is 25.0. The summed E-state index contributed by atoms with van der Waals surface area (Å²) in [5.74, 6) is -0.142. The number of anilines is 1. The first-order valence-corrected chi connectivity index (χ1v) is 16.8. The van der Waals surface area contributed by atoms with Crippen LogP contribution in [0.2, 0.25) is 5.02 Å². The van der Waals surface area contributed by atoms with Crippen molar-refractivity contribution in [2.75, 3.05) is 10.9 Å². The van der Waals surface area contributed by atoms with E-state index >= 15 is 0 Å². The van der Waals surface area contributed by atoms with E-state index in [-0.39, 0.29) is 24.0 Å². The second kappa shape index (κ2) is 15.9. The third kappa shape index (κ3) is 9.09. The molecule has 244 valence electrons. The number of aryl methyl sites for hydroxylation is 1. The minimum Gasteiger partial charge on any atom is -0.484 e. The second-order valence-electron chi connectivity index (χ2n) is 10.8. The fraction of sp³-hybridized carbons (Fsp3) is 0.108. The number of carbonyl (C=O) groups is 2. The van der Waals surface area contributed by atoms with Gasteiger partial charge < -0.3 is 10.1 Å². The molecule has 0 aliphatic rings. The van der Waals surface area contributed by atoms with Crippen LogP contribution in [0.3, 0.4) is 0 Å². The first-order chi connectivity index (χ1) is 23.2. The zero-order valence-corrected chi connectivity index (χ0v) is 27.6. The molecule has 0 atom stereocenters. The highest BCUT2D eigenvalue weighted by Gasteiger charge is 2.26. The molecule has 0 fully saturated rings. The Kier molecular flexibility index (Phi) is 11.2. The lowest BCUT2D eigenvalue weighted by molar-refractivity contribution is -0.123. The predicted molar refractivity (Wildman–Crippen MR) is 188 cm³/mol. The molecule has 0 unspecified atom stereocenters. The van der Waals surface area contributed by atoms with E-state index in [1.165, 1.54) is 10.5 Å². The molecule has 0 radical (unpaired) electrons. The summed E-state index contributed by atoms with van der Waals surface area (Å²) in [5.41, 5.74) is 6.44. The number of carbonyl (C=O) groups excluding carboxylic acids is 2. The van der Waals surface area contributed by atoms with Gasteiger partial charge in [0.15, 0.2) is 6.61 Å². The Balaban J connectivity index is 1.16. The molecule has 0 spiro atoms. The van der Waals surface area contributed by atoms with Crippen molar-refractivity contribution in [3.63, 3.8) is 0 Å². The van der Waals surface area contributed by atoms with Crippen LogP contribution in [0.15, 0.2) is 137 Å². The van der Waals surface area contributed by atoms with Gasteiger partial charge in [-0.05, 0) is 89.8 Å². The summed E-state index contributed by atoms with van der Waals surface area (Å²) in [6.45, 7) is 2.16. The molecular formula is C37H33ClN4O5S. The van der Waals surface area contributed by atoms with Gasteiger partial charge in [-0.2, -0.15) is 5.10 Å². The third-order valence-electron chi connectivity index (χ3n) is 7.28. The van der Waals surface area contributed by atoms with Gasteiger partial charge in [-0.3, -0.25) is 13.9 Å². The van der Waals surface area contributed by atoms with E-state index in [1.807, 2.05) is 37.3 Å². The van der Waals surface area contributed by atoms with E-state index in [0.29, 0.717) is 39.7 Å². The maximum Gasteiger partial charge on any atom is 0.271 e. The van der Waals surface area contributed by atoms with Gasteiger partial charge in [0.25, 0.3) is 21.8 Å². The molecule has 5 aromatic carbocycles. The van der Waals surface area contributed by atoms with Crippen molar-refractivity contribution in [2.24, 2.45) is 5.10 Å². The van der Waals surface area contributed by atoms with Crippen LogP contribution in [0, 0.1) is 6.92 Å². The lowest BCUT2D eigenvalue weighted by atomic mass is 10.1. The Hall–Kier alpha value is -5.45. The van der Waals surface area contributed by atoms with Gasteiger partial charge >= 0.3 is 0 Å². The van der Waals surface area contributed by atoms with Crippen LogP contribution in [-0.2, 0) is 27.9 Å². The van der Waals surface area contributed by atoms with E-state index in [4.69, 9.17) is 16.3 Å². The van der Waals surface area contributed by atoms with Gasteiger partial charge in [0.05, 0.1) is 23.3 Å². The number of halogens is 1. The van der Waals surface area contributed by atoms with E-state index in [9.17, 15) is 18.0 Å². The molecule has 5 rings (SSSR count). The smallest absolute Gasteiger partial charge is 0.271 e. The van der Waals surface area contributed by atoms with Gasteiger partial charge in [-0.25, -0.2) is 13.8 Å². The van der Waals surface area contributed by atoms with Gasteiger partial charge in [-0.15, -0.1) is 0 Å². The van der Waals surface area contributed by atoms with Gasteiger partial charge in [0, 0.05) is 17.1 Å². The number of amides is 2. The number of hydrazone groups is 1. The zero-order chi connectivity index (χ0) is 33.9. The Morgan fingerprint density at radius 2 is 1.50 bits per heavy atom. The monoisotopic (exact) mass is 680 g/mol. The molecular weight excluding hydrogens is 648 g/mol. The minimum absolute atomic E-state index is 0.0243. The molecule has 0 saturated carbocycles. The molecule has 48 heavy (non-hydrogen) atoms. The third-order valence-corrected chi connectivity index (χ3v) is 9.28. The molecule has 0 heterocycles. The van der Waals surface area contributed by atoms with Crippen molar-refractivity contribution in [3.8, 4) is 5.75 Å². The number of nitrogens with zero attached hydrogens (tertiary/aromatic N) is 2. The summed E-state index contributed by atoms with van der Waals surface area (Å²) in [6, 6.07) is 36.5. The SMILES string of the molecule is Cc1ccc(Cl)cc1N(Cc1ccc(C(=O)N/N=C\c2ccc(OCC(=O)NCc3ccccc3)cc2)cc1)S(=O)(=O)c1ccccc1. The van der Waals surface area contributed by atoms with Crippen LogP contribution in [0.25, 0.3) is 0 Å². The fourth-order valence-electron chi connectivity index (χ4n) is 4.67. The summed E-state index contributed by atoms with van der Waals surface area (Å²) in [7, 11) is -3.93. The Labute approximate surface area is 284 Å². The van der Waals surface area contributed by atoms with Crippen LogP contribution in [0.1, 0.15) is 32.6 Å². The van der Waals surface area contributed by atoms with Crippen LogP contribution in [0.4, 0.5) is 5.69 Å². The lowest BCUT2D eigenvalue weighted by Gasteiger charge is -2.26. The van der Waals surface area contributed by atoms with Crippen LogP contribution in [0.5, 0.6) is 5.75 Å². The van der Waals surface area contributed by atoms with Crippen molar-refractivity contribution in [3.05, 3.63) is 160 Å². The molecule has 0 aliphatic carbocycles. The zero-order valence-electron chi connectivity index (χ0n) is 26.0. The topological polar surface area (TPSA) is 117 Å². The highest BCUT2D eigenvalue weighted by Crippen LogP contribution is 2.31. The van der Waals surface area contributed by atoms with E-state index in [2.05, 4.69) is 15.8 Å². The van der Waals surface area contributed by atoms with Gasteiger partial charge in [0.1, 0.15) is 5.75 Å². The van der Waals surface area contributed by atoms with Crippen molar-refractivity contribution in [1.82, 2.24) is 10.7 Å². The summed E-state index contributed by atoms with van der Waals surface area (Å²) in [6.07, 6.45) is 1.49. The molecule has 0 aliphatic heterocycles. The highest BCUT2D eigenvalue weighted by molar-refractivity contribution is 7.92. The van der Waals surface area contributed by atoms with E-state index < -0.39 is 15.9 Å². The molecule has 0 aromatic heterocycles. The maximum absolute atomic E-state index is 13.7. The molecule has 11 heteroatoms. The Bertz CT molecular complexity index is 1990. The standard InChI is InChI=1S/C37H33ClN4O5S/c1-27-12-19-32(38)22-35(27)42(48(45,46)34-10-6-3-7-11-34)25-30-13-17-31(18-14-30)37(44)41-40-24-29-15-20-33(21-16-29)47-26-36(43)39-23-28-8-4-2-5-9-28/h2-22,24H,23,25-26H2,1H3,(H,39,43)(H,41,44)/b40-24-. The Morgan fingerprint density at radius 3 is 2.19 bits per heavy atom. The molecule has 0 saturated heterocycles. The number of hydrogen-bond donors (Lipinski definition) is 2. The molecule has 9 nitrogen and oxygen atoms in total. The average Bonchev–Trinajstić information content (AvgIpc) is 3.11. The molecule has 2 amide bonds. The highest BCUT2D eigenvalue weighted by atomic mass is 35.5. The van der Waals surface area contributed by atoms with Crippen LogP contribution in [-0.4, -0.2) is 33.1 Å². The first kappa shape index (κ1) is 33.9. The van der Waals surface area contributed by atoms with Crippen molar-refractivity contribution in [2.45, 2.75) is 24.9 Å².